The fourth-order valence-electron chi connectivity index (χ4n) is 7.25. The lowest BCUT2D eigenvalue weighted by molar-refractivity contribution is -0.348. The predicted molar refractivity (Wildman–Crippen MR) is 147 cm³/mol. The molecule has 15 heteroatoms. The molecule has 246 valence electrons. The maximum atomic E-state index is 15.0. The van der Waals surface area contributed by atoms with Gasteiger partial charge in [-0.1, -0.05) is 35.9 Å². The molecule has 45 heavy (non-hydrogen) atoms. The molecule has 2 aromatic rings. The van der Waals surface area contributed by atoms with Crippen molar-refractivity contribution < 1.29 is 53.1 Å². The van der Waals surface area contributed by atoms with Gasteiger partial charge in [-0.2, -0.15) is 26.3 Å². The highest BCUT2D eigenvalue weighted by molar-refractivity contribution is 7.92. The maximum absolute atomic E-state index is 15.0. The van der Waals surface area contributed by atoms with Crippen LogP contribution in [-0.2, 0) is 36.3 Å². The third-order valence-corrected chi connectivity index (χ3v) is 12.5. The minimum absolute atomic E-state index is 0.0274. The van der Waals surface area contributed by atoms with E-state index in [0.717, 1.165) is 19.1 Å². The van der Waals surface area contributed by atoms with Crippen molar-refractivity contribution in [2.75, 3.05) is 6.54 Å². The molecule has 2 atom stereocenters. The molecule has 1 amide bonds. The van der Waals surface area contributed by atoms with Gasteiger partial charge in [-0.15, -0.1) is 0 Å². The van der Waals surface area contributed by atoms with Crippen molar-refractivity contribution in [2.24, 2.45) is 5.92 Å². The Kier molecular flexibility index (Phi) is 8.16. The molecule has 2 fully saturated rings. The molecule has 0 bridgehead atoms. The maximum Gasteiger partial charge on any atom is 0.435 e. The number of carbonyl (C=O) groups excluding carboxylic acids is 2. The molecule has 0 aromatic heterocycles. The molecule has 0 N–H and O–H groups in total. The first-order valence-corrected chi connectivity index (χ1v) is 16.0. The summed E-state index contributed by atoms with van der Waals surface area (Å²) in [6, 6.07) is 5.55. The highest BCUT2D eigenvalue weighted by Crippen LogP contribution is 2.57. The second kappa shape index (κ2) is 10.9. The van der Waals surface area contributed by atoms with Crippen LogP contribution >= 0.6 is 11.6 Å². The third kappa shape index (κ3) is 5.05. The Morgan fingerprint density at radius 1 is 0.911 bits per heavy atom. The number of benzene rings is 2. The van der Waals surface area contributed by atoms with Gasteiger partial charge in [0, 0.05) is 23.0 Å². The second-order valence-electron chi connectivity index (χ2n) is 12.0. The van der Waals surface area contributed by atoms with Gasteiger partial charge in [-0.3, -0.25) is 9.59 Å². The molecule has 1 heterocycles. The van der Waals surface area contributed by atoms with Crippen LogP contribution in [0.5, 0.6) is 0 Å². The molecule has 2 aliphatic carbocycles. The summed E-state index contributed by atoms with van der Waals surface area (Å²) in [4.78, 5) is 26.6. The largest absolute Gasteiger partial charge is 0.435 e. The van der Waals surface area contributed by atoms with E-state index in [4.69, 9.17) is 11.6 Å². The highest BCUT2D eigenvalue weighted by Gasteiger charge is 2.74. The number of carbonyl (C=O) groups is 2. The van der Waals surface area contributed by atoms with E-state index >= 15 is 4.39 Å². The zero-order valence-corrected chi connectivity index (χ0v) is 25.3. The lowest BCUT2D eigenvalue weighted by Gasteiger charge is -2.44. The van der Waals surface area contributed by atoms with E-state index in [9.17, 15) is 48.7 Å². The van der Waals surface area contributed by atoms with Gasteiger partial charge in [0.2, 0.25) is 5.91 Å². The smallest absolute Gasteiger partial charge is 0.337 e. The Morgan fingerprint density at radius 3 is 2.09 bits per heavy atom. The van der Waals surface area contributed by atoms with Crippen LogP contribution in [0.3, 0.4) is 0 Å². The van der Waals surface area contributed by atoms with Crippen molar-refractivity contribution in [1.29, 1.82) is 0 Å². The standard InChI is InChI=1S/C30H28ClF8NO4S/c1-17(41)26(32)11-9-18(10-12-26)25(42)40-14-13-27(45(43,44)22-4-2-3-21(31)16-22)23-7-6-20(15-19(23)5-8-24(27)40)28(33,29(34,35)36)30(37,38)39/h2-4,6-7,15-16,18,24H,5,8-14H2,1H3/t18-,24?,26+,27?. The fraction of sp³-hybridized carbons (Fsp3) is 0.533. The first-order chi connectivity index (χ1) is 20.7. The monoisotopic (exact) mass is 685 g/mol. The zero-order valence-electron chi connectivity index (χ0n) is 23.7. The minimum Gasteiger partial charge on any atom is -0.337 e. The summed E-state index contributed by atoms with van der Waals surface area (Å²) in [6.07, 6.45) is -13.8. The van der Waals surface area contributed by atoms with Gasteiger partial charge in [-0.05, 0) is 81.2 Å². The van der Waals surface area contributed by atoms with Crippen LogP contribution in [0.15, 0.2) is 47.4 Å². The van der Waals surface area contributed by atoms with Crippen molar-refractivity contribution in [3.8, 4) is 0 Å². The zero-order chi connectivity index (χ0) is 33.4. The molecule has 1 saturated heterocycles. The molecule has 1 aliphatic heterocycles. The van der Waals surface area contributed by atoms with E-state index in [0.29, 0.717) is 12.1 Å². The summed E-state index contributed by atoms with van der Waals surface area (Å²) in [6.45, 7) is 0.992. The van der Waals surface area contributed by atoms with E-state index in [2.05, 4.69) is 0 Å². The SMILES string of the molecule is CC(=O)[C@]1(F)CC[C@@H](C(=O)N2CCC3(S(=O)(=O)c4cccc(Cl)c4)c4ccc(C(F)(C(F)(F)F)C(F)(F)F)cc4CCC23)CC1. The summed E-state index contributed by atoms with van der Waals surface area (Å²) in [5.74, 6) is -1.86. The van der Waals surface area contributed by atoms with Gasteiger partial charge >= 0.3 is 18.0 Å². The lowest BCUT2D eigenvalue weighted by Crippen LogP contribution is -2.54. The Hall–Kier alpha value is -2.74. The van der Waals surface area contributed by atoms with E-state index < -0.39 is 67.5 Å². The van der Waals surface area contributed by atoms with Crippen molar-refractivity contribution >= 4 is 33.1 Å². The Bertz CT molecular complexity index is 1620. The van der Waals surface area contributed by atoms with Gasteiger partial charge in [0.25, 0.3) is 0 Å². The summed E-state index contributed by atoms with van der Waals surface area (Å²) >= 11 is 6.07. The number of alkyl halides is 8. The van der Waals surface area contributed by atoms with Gasteiger partial charge in [0.15, 0.2) is 21.3 Å². The normalized spacial score (nSPS) is 27.6. The van der Waals surface area contributed by atoms with Gasteiger partial charge < -0.3 is 4.90 Å². The summed E-state index contributed by atoms with van der Waals surface area (Å²) in [5.41, 5.74) is -9.87. The summed E-state index contributed by atoms with van der Waals surface area (Å²) < 4.78 is 138. The van der Waals surface area contributed by atoms with Crippen molar-refractivity contribution in [3.63, 3.8) is 0 Å². The Morgan fingerprint density at radius 2 is 1.53 bits per heavy atom. The molecule has 3 aliphatic rings. The van der Waals surface area contributed by atoms with Crippen LogP contribution in [0.2, 0.25) is 5.02 Å². The van der Waals surface area contributed by atoms with Crippen LogP contribution in [0.25, 0.3) is 0 Å². The number of amides is 1. The molecular weight excluding hydrogens is 658 g/mol. The Balaban J connectivity index is 1.62. The highest BCUT2D eigenvalue weighted by atomic mass is 35.5. The number of sulfone groups is 1. The summed E-state index contributed by atoms with van der Waals surface area (Å²) in [7, 11) is -4.55. The number of ketones is 1. The number of aryl methyl sites for hydroxylation is 1. The topological polar surface area (TPSA) is 71.5 Å². The predicted octanol–water partition coefficient (Wildman–Crippen LogP) is 7.33. The van der Waals surface area contributed by atoms with E-state index in [-0.39, 0.29) is 72.5 Å². The van der Waals surface area contributed by atoms with Gasteiger partial charge in [0.1, 0.15) is 4.75 Å². The van der Waals surface area contributed by atoms with E-state index in [1.165, 1.54) is 23.1 Å². The molecule has 2 aromatic carbocycles. The van der Waals surface area contributed by atoms with E-state index in [1.807, 2.05) is 0 Å². The number of Topliss-reactive ketones (excluding diaryl/α,β-unsaturated/α-hetero) is 1. The molecule has 5 rings (SSSR count). The number of fused-ring (bicyclic) bond motifs is 3. The average molecular weight is 686 g/mol. The van der Waals surface area contributed by atoms with Crippen LogP contribution in [-0.4, -0.2) is 55.6 Å². The molecule has 1 saturated carbocycles. The van der Waals surface area contributed by atoms with Crippen molar-refractivity contribution in [1.82, 2.24) is 4.90 Å². The quantitative estimate of drug-likeness (QED) is 0.309. The molecule has 0 spiro atoms. The number of hydrogen-bond acceptors (Lipinski definition) is 4. The van der Waals surface area contributed by atoms with Crippen molar-refractivity contribution in [3.05, 3.63) is 64.2 Å². The van der Waals surface area contributed by atoms with Gasteiger partial charge in [0.05, 0.1) is 10.9 Å². The first-order valence-electron chi connectivity index (χ1n) is 14.2. The van der Waals surface area contributed by atoms with E-state index in [1.54, 1.807) is 0 Å². The first kappa shape index (κ1) is 33.6. The number of hydrogen-bond donors (Lipinski definition) is 0. The van der Waals surface area contributed by atoms with Gasteiger partial charge in [-0.25, -0.2) is 17.2 Å². The summed E-state index contributed by atoms with van der Waals surface area (Å²) in [5, 5.41) is 0.0429. The number of halogens is 9. The fourth-order valence-corrected chi connectivity index (χ4v) is 9.91. The minimum atomic E-state index is -6.36. The molecule has 0 radical (unpaired) electrons. The number of nitrogens with zero attached hydrogens (tertiary/aromatic N) is 1. The number of likely N-dealkylation sites (tertiary alicyclic amines) is 1. The average Bonchev–Trinajstić information content (AvgIpc) is 3.37. The molecule has 5 nitrogen and oxygen atoms in total. The van der Waals surface area contributed by atoms with Crippen LogP contribution < -0.4 is 0 Å². The third-order valence-electron chi connectivity index (χ3n) is 9.69. The van der Waals surface area contributed by atoms with Crippen LogP contribution in [0.1, 0.15) is 62.1 Å². The van der Waals surface area contributed by atoms with Crippen molar-refractivity contribution in [2.45, 2.75) is 91.2 Å². The molecule has 2 unspecified atom stereocenters. The number of rotatable bonds is 5. The molecular formula is C30H28ClF8NO4S. The van der Waals surface area contributed by atoms with Crippen LogP contribution in [0, 0.1) is 5.92 Å². The van der Waals surface area contributed by atoms with Crippen LogP contribution in [0.4, 0.5) is 35.1 Å². The Labute approximate surface area is 258 Å². The lowest BCUT2D eigenvalue weighted by atomic mass is 9.75. The second-order valence-corrected chi connectivity index (χ2v) is 14.7.